The first-order valence-electron chi connectivity index (χ1n) is 5.69. The lowest BCUT2D eigenvalue weighted by Gasteiger charge is -2.29. The lowest BCUT2D eigenvalue weighted by atomic mass is 9.93. The fraction of sp³-hybridized carbons (Fsp3) is 0.583. The molecule has 1 aliphatic carbocycles. The molecule has 2 rings (SSSR count). The van der Waals surface area contributed by atoms with E-state index in [2.05, 4.69) is 10.3 Å². The first-order chi connectivity index (χ1) is 7.79. The molecule has 1 heterocycles. The largest absolute Gasteiger partial charge is 0.381 e. The molecular formula is C12H17ClN2O. The van der Waals surface area contributed by atoms with E-state index in [0.29, 0.717) is 17.3 Å². The summed E-state index contributed by atoms with van der Waals surface area (Å²) in [6.07, 6.45) is 6.66. The first kappa shape index (κ1) is 11.7. The number of aromatic nitrogens is 1. The van der Waals surface area contributed by atoms with Crippen molar-refractivity contribution >= 4 is 17.3 Å². The van der Waals surface area contributed by atoms with Crippen LogP contribution in [-0.2, 0) is 4.74 Å². The molecule has 0 amide bonds. The third kappa shape index (κ3) is 2.86. The van der Waals surface area contributed by atoms with E-state index in [9.17, 15) is 0 Å². The summed E-state index contributed by atoms with van der Waals surface area (Å²) in [5.74, 6) is 0. The Balaban J connectivity index is 1.97. The van der Waals surface area contributed by atoms with Gasteiger partial charge in [-0.25, -0.2) is 4.98 Å². The number of anilines is 1. The fourth-order valence-corrected chi connectivity index (χ4v) is 2.38. The minimum absolute atomic E-state index is 0.377. The van der Waals surface area contributed by atoms with Gasteiger partial charge in [0.2, 0.25) is 0 Å². The van der Waals surface area contributed by atoms with Crippen molar-refractivity contribution < 1.29 is 4.74 Å². The minimum atomic E-state index is 0.377. The number of ether oxygens (including phenoxy) is 1. The fourth-order valence-electron chi connectivity index (χ4n) is 2.20. The van der Waals surface area contributed by atoms with Crippen LogP contribution < -0.4 is 5.32 Å². The van der Waals surface area contributed by atoms with E-state index in [-0.39, 0.29) is 0 Å². The maximum atomic E-state index is 6.01. The van der Waals surface area contributed by atoms with Gasteiger partial charge in [0.1, 0.15) is 0 Å². The second kappa shape index (κ2) is 5.51. The molecule has 1 aromatic rings. The van der Waals surface area contributed by atoms with Gasteiger partial charge in [0.05, 0.1) is 11.8 Å². The number of nitrogens with one attached hydrogen (secondary N) is 1. The highest BCUT2D eigenvalue weighted by atomic mass is 35.5. The predicted molar refractivity (Wildman–Crippen MR) is 65.9 cm³/mol. The highest BCUT2D eigenvalue weighted by Gasteiger charge is 2.21. The Hall–Kier alpha value is -0.800. The normalized spacial score (nSPS) is 25.4. The molecule has 1 aromatic heterocycles. The molecule has 0 spiro atoms. The molecule has 0 radical (unpaired) electrons. The number of pyridine rings is 1. The van der Waals surface area contributed by atoms with E-state index in [4.69, 9.17) is 16.3 Å². The van der Waals surface area contributed by atoms with E-state index >= 15 is 0 Å². The zero-order chi connectivity index (χ0) is 11.4. The molecule has 1 N–H and O–H groups in total. The number of rotatable bonds is 3. The molecule has 0 aromatic carbocycles. The summed E-state index contributed by atoms with van der Waals surface area (Å²) < 4.78 is 5.40. The van der Waals surface area contributed by atoms with Gasteiger partial charge in [-0.3, -0.25) is 0 Å². The van der Waals surface area contributed by atoms with Crippen LogP contribution in [0.1, 0.15) is 25.7 Å². The summed E-state index contributed by atoms with van der Waals surface area (Å²) in [6, 6.07) is 4.30. The van der Waals surface area contributed by atoms with Crippen LogP contribution in [0.15, 0.2) is 18.3 Å². The Morgan fingerprint density at radius 2 is 2.38 bits per heavy atom. The summed E-state index contributed by atoms with van der Waals surface area (Å²) in [7, 11) is 1.78. The topological polar surface area (TPSA) is 34.1 Å². The van der Waals surface area contributed by atoms with E-state index in [0.717, 1.165) is 18.5 Å². The third-order valence-corrected chi connectivity index (χ3v) is 3.38. The van der Waals surface area contributed by atoms with Crippen molar-refractivity contribution in [3.8, 4) is 0 Å². The van der Waals surface area contributed by atoms with Crippen LogP contribution in [0.4, 0.5) is 5.69 Å². The van der Waals surface area contributed by atoms with Crippen molar-refractivity contribution in [1.82, 2.24) is 4.98 Å². The number of methoxy groups -OCH3 is 1. The van der Waals surface area contributed by atoms with Crippen molar-refractivity contribution in [3.05, 3.63) is 23.5 Å². The number of halogens is 1. The van der Waals surface area contributed by atoms with Gasteiger partial charge in [-0.15, -0.1) is 0 Å². The summed E-state index contributed by atoms with van der Waals surface area (Å²) in [5, 5.41) is 3.98. The highest BCUT2D eigenvalue weighted by molar-refractivity contribution is 6.31. The summed E-state index contributed by atoms with van der Waals surface area (Å²) in [4.78, 5) is 4.06. The predicted octanol–water partition coefficient (Wildman–Crippen LogP) is 3.10. The highest BCUT2D eigenvalue weighted by Crippen LogP contribution is 2.26. The van der Waals surface area contributed by atoms with Crippen molar-refractivity contribution in [2.24, 2.45) is 0 Å². The quantitative estimate of drug-likeness (QED) is 0.825. The second-order valence-electron chi connectivity index (χ2n) is 4.21. The number of hydrogen-bond acceptors (Lipinski definition) is 3. The monoisotopic (exact) mass is 240 g/mol. The molecular weight excluding hydrogens is 224 g/mol. The smallest absolute Gasteiger partial charge is 0.152 e. The average molecular weight is 241 g/mol. The Labute approximate surface area is 101 Å². The van der Waals surface area contributed by atoms with Crippen LogP contribution in [0.25, 0.3) is 0 Å². The number of nitrogens with zero attached hydrogens (tertiary/aromatic N) is 1. The molecule has 1 fully saturated rings. The molecule has 0 saturated heterocycles. The standard InChI is InChI=1S/C12H17ClN2O/c1-16-10-5-2-4-9(8-10)15-11-6-3-7-14-12(11)13/h3,6-7,9-10,15H,2,4-5,8H2,1H3. The lowest BCUT2D eigenvalue weighted by Crippen LogP contribution is -2.31. The summed E-state index contributed by atoms with van der Waals surface area (Å²) >= 11 is 6.01. The second-order valence-corrected chi connectivity index (χ2v) is 4.57. The Bertz CT molecular complexity index is 346. The Kier molecular flexibility index (Phi) is 4.02. The van der Waals surface area contributed by atoms with Gasteiger partial charge in [-0.2, -0.15) is 0 Å². The van der Waals surface area contributed by atoms with E-state index in [1.54, 1.807) is 13.3 Å². The van der Waals surface area contributed by atoms with Crippen molar-refractivity contribution in [3.63, 3.8) is 0 Å². The van der Waals surface area contributed by atoms with Gasteiger partial charge >= 0.3 is 0 Å². The van der Waals surface area contributed by atoms with Crippen molar-refractivity contribution in [2.45, 2.75) is 37.8 Å². The molecule has 3 nitrogen and oxygen atoms in total. The molecule has 1 saturated carbocycles. The first-order valence-corrected chi connectivity index (χ1v) is 6.07. The van der Waals surface area contributed by atoms with Gasteiger partial charge in [0.15, 0.2) is 5.15 Å². The zero-order valence-corrected chi connectivity index (χ0v) is 10.2. The third-order valence-electron chi connectivity index (χ3n) is 3.08. The van der Waals surface area contributed by atoms with E-state index < -0.39 is 0 Å². The maximum Gasteiger partial charge on any atom is 0.152 e. The van der Waals surface area contributed by atoms with E-state index in [1.807, 2.05) is 12.1 Å². The summed E-state index contributed by atoms with van der Waals surface area (Å²) in [5.41, 5.74) is 0.922. The van der Waals surface area contributed by atoms with Crippen LogP contribution >= 0.6 is 11.6 Å². The molecule has 2 atom stereocenters. The maximum absolute atomic E-state index is 6.01. The van der Waals surface area contributed by atoms with Gasteiger partial charge in [-0.05, 0) is 37.8 Å². The molecule has 4 heteroatoms. The van der Waals surface area contributed by atoms with E-state index in [1.165, 1.54) is 12.8 Å². The van der Waals surface area contributed by atoms with Gasteiger partial charge in [0, 0.05) is 19.3 Å². The van der Waals surface area contributed by atoms with Crippen molar-refractivity contribution in [1.29, 1.82) is 0 Å². The zero-order valence-electron chi connectivity index (χ0n) is 9.45. The SMILES string of the molecule is COC1CCCC(Nc2cccnc2Cl)C1. The van der Waals surface area contributed by atoms with Gasteiger partial charge in [0.25, 0.3) is 0 Å². The summed E-state index contributed by atoms with van der Waals surface area (Å²) in [6.45, 7) is 0. The Morgan fingerprint density at radius 3 is 3.12 bits per heavy atom. The van der Waals surface area contributed by atoms with Crippen molar-refractivity contribution in [2.75, 3.05) is 12.4 Å². The van der Waals surface area contributed by atoms with Crippen LogP contribution in [0.5, 0.6) is 0 Å². The molecule has 88 valence electrons. The molecule has 2 unspecified atom stereocenters. The van der Waals surface area contributed by atoms with Crippen LogP contribution in [0.3, 0.4) is 0 Å². The lowest BCUT2D eigenvalue weighted by molar-refractivity contribution is 0.0669. The molecule has 1 aliphatic rings. The average Bonchev–Trinajstić information content (AvgIpc) is 2.32. The van der Waals surface area contributed by atoms with Gasteiger partial charge < -0.3 is 10.1 Å². The van der Waals surface area contributed by atoms with Crippen LogP contribution in [0, 0.1) is 0 Å². The van der Waals surface area contributed by atoms with Crippen LogP contribution in [0.2, 0.25) is 5.15 Å². The molecule has 16 heavy (non-hydrogen) atoms. The molecule has 0 bridgehead atoms. The Morgan fingerprint density at radius 1 is 1.50 bits per heavy atom. The molecule has 0 aliphatic heterocycles. The number of hydrogen-bond donors (Lipinski definition) is 1. The van der Waals surface area contributed by atoms with Gasteiger partial charge in [-0.1, -0.05) is 11.6 Å². The minimum Gasteiger partial charge on any atom is -0.381 e. The van der Waals surface area contributed by atoms with Crippen LogP contribution in [-0.4, -0.2) is 24.2 Å².